The normalized spacial score (nSPS) is 22.6. The van der Waals surface area contributed by atoms with Gasteiger partial charge in [0.15, 0.2) is 0 Å². The summed E-state index contributed by atoms with van der Waals surface area (Å²) in [6.07, 6.45) is 9.77. The predicted octanol–water partition coefficient (Wildman–Crippen LogP) is 3.06. The quantitative estimate of drug-likeness (QED) is 0.618. The van der Waals surface area contributed by atoms with Crippen molar-refractivity contribution in [2.24, 2.45) is 11.8 Å². The molecule has 0 aromatic carbocycles. The third kappa shape index (κ3) is 3.60. The van der Waals surface area contributed by atoms with E-state index in [2.05, 4.69) is 29.2 Å². The molecule has 1 aliphatic carbocycles. The maximum Gasteiger partial charge on any atom is 0.222 e. The summed E-state index contributed by atoms with van der Waals surface area (Å²) in [6.45, 7) is 4.39. The molecule has 0 saturated heterocycles. The fourth-order valence-corrected chi connectivity index (χ4v) is 2.97. The van der Waals surface area contributed by atoms with E-state index in [4.69, 9.17) is 10.6 Å². The molecule has 1 aromatic heterocycles. The first-order chi connectivity index (χ1) is 9.78. The third-order valence-electron chi connectivity index (χ3n) is 4.13. The van der Waals surface area contributed by atoms with Crippen molar-refractivity contribution in [3.8, 4) is 5.88 Å². The molecular weight excluding hydrogens is 252 g/mol. The zero-order valence-electron chi connectivity index (χ0n) is 12.6. The van der Waals surface area contributed by atoms with Crippen molar-refractivity contribution in [2.45, 2.75) is 64.9 Å². The molecular formula is C15H26N4O. The highest BCUT2D eigenvalue weighted by atomic mass is 16.5. The highest BCUT2D eigenvalue weighted by Crippen LogP contribution is 2.31. The van der Waals surface area contributed by atoms with Crippen LogP contribution in [0.5, 0.6) is 5.88 Å². The number of nitrogens with zero attached hydrogens (tertiary/aromatic N) is 2. The van der Waals surface area contributed by atoms with Crippen LogP contribution in [-0.4, -0.2) is 16.1 Å². The van der Waals surface area contributed by atoms with Crippen molar-refractivity contribution in [3.63, 3.8) is 0 Å². The lowest BCUT2D eigenvalue weighted by molar-refractivity contribution is 0.116. The number of hydrazine groups is 1. The molecule has 1 aliphatic rings. The number of hydrogen-bond acceptors (Lipinski definition) is 5. The minimum absolute atomic E-state index is 0.282. The van der Waals surface area contributed by atoms with Gasteiger partial charge in [-0.05, 0) is 31.6 Å². The lowest BCUT2D eigenvalue weighted by Gasteiger charge is -2.29. The molecule has 1 aromatic rings. The summed E-state index contributed by atoms with van der Waals surface area (Å²) in [5.74, 6) is 7.71. The largest absolute Gasteiger partial charge is 0.474 e. The van der Waals surface area contributed by atoms with E-state index < -0.39 is 0 Å². The first-order valence-corrected chi connectivity index (χ1v) is 7.75. The molecule has 0 spiro atoms. The fourth-order valence-electron chi connectivity index (χ4n) is 2.97. The summed E-state index contributed by atoms with van der Waals surface area (Å²) < 4.78 is 6.17. The molecule has 0 amide bonds. The number of nitrogens with one attached hydrogen (secondary N) is 1. The van der Waals surface area contributed by atoms with Gasteiger partial charge < -0.3 is 10.2 Å². The molecule has 5 heteroatoms. The van der Waals surface area contributed by atoms with Gasteiger partial charge in [0.25, 0.3) is 0 Å². The molecule has 3 N–H and O–H groups in total. The number of anilines is 1. The van der Waals surface area contributed by atoms with Crippen LogP contribution in [0.25, 0.3) is 0 Å². The topological polar surface area (TPSA) is 73.1 Å². The Bertz CT molecular complexity index is 424. The lowest BCUT2D eigenvalue weighted by Crippen LogP contribution is -2.26. The molecule has 1 fully saturated rings. The maximum absolute atomic E-state index is 6.17. The monoisotopic (exact) mass is 278 g/mol. The van der Waals surface area contributed by atoms with Crippen LogP contribution in [0.2, 0.25) is 0 Å². The molecule has 1 saturated carbocycles. The Morgan fingerprint density at radius 1 is 1.35 bits per heavy atom. The number of ether oxygens (including phenoxy) is 1. The molecule has 2 atom stereocenters. The van der Waals surface area contributed by atoms with Gasteiger partial charge in [-0.15, -0.1) is 0 Å². The van der Waals surface area contributed by atoms with E-state index >= 15 is 0 Å². The van der Waals surface area contributed by atoms with Crippen molar-refractivity contribution in [1.82, 2.24) is 9.97 Å². The molecule has 2 unspecified atom stereocenters. The second-order valence-corrected chi connectivity index (χ2v) is 5.58. The van der Waals surface area contributed by atoms with Gasteiger partial charge in [-0.1, -0.05) is 33.1 Å². The molecule has 0 aliphatic heterocycles. The Morgan fingerprint density at radius 2 is 2.20 bits per heavy atom. The second-order valence-electron chi connectivity index (χ2n) is 5.58. The van der Waals surface area contributed by atoms with E-state index in [1.165, 1.54) is 25.6 Å². The standard InChI is InChI=1S/C15H26N4O/c1-3-6-13-14(19-16)17-10-18-15(13)20-12-8-5-7-11(4-2)9-12/h10-12H,3-9,16H2,1-2H3,(H,17,18,19). The Morgan fingerprint density at radius 3 is 2.90 bits per heavy atom. The van der Waals surface area contributed by atoms with Gasteiger partial charge in [-0.2, -0.15) is 0 Å². The number of rotatable bonds is 6. The predicted molar refractivity (Wildman–Crippen MR) is 80.5 cm³/mol. The van der Waals surface area contributed by atoms with Gasteiger partial charge in [-0.25, -0.2) is 15.8 Å². The van der Waals surface area contributed by atoms with Gasteiger partial charge in [0, 0.05) is 0 Å². The molecule has 20 heavy (non-hydrogen) atoms. The third-order valence-corrected chi connectivity index (χ3v) is 4.13. The van der Waals surface area contributed by atoms with Crippen molar-refractivity contribution < 1.29 is 4.74 Å². The summed E-state index contributed by atoms with van der Waals surface area (Å²) in [4.78, 5) is 8.50. The van der Waals surface area contributed by atoms with E-state index in [1.54, 1.807) is 0 Å². The minimum Gasteiger partial charge on any atom is -0.474 e. The molecule has 5 nitrogen and oxygen atoms in total. The summed E-state index contributed by atoms with van der Waals surface area (Å²) in [5, 5.41) is 0. The van der Waals surface area contributed by atoms with Crippen LogP contribution in [0.15, 0.2) is 6.33 Å². The summed E-state index contributed by atoms with van der Waals surface area (Å²) in [6, 6.07) is 0. The van der Waals surface area contributed by atoms with Gasteiger partial charge >= 0.3 is 0 Å². The number of nitrogens with two attached hydrogens (primary N) is 1. The van der Waals surface area contributed by atoms with E-state index in [9.17, 15) is 0 Å². The van der Waals surface area contributed by atoms with Crippen LogP contribution in [0, 0.1) is 5.92 Å². The van der Waals surface area contributed by atoms with Crippen molar-refractivity contribution >= 4 is 5.82 Å². The summed E-state index contributed by atoms with van der Waals surface area (Å²) >= 11 is 0. The maximum atomic E-state index is 6.17. The molecule has 0 bridgehead atoms. The van der Waals surface area contributed by atoms with Crippen LogP contribution in [0.1, 0.15) is 57.9 Å². The average Bonchev–Trinajstić information content (AvgIpc) is 2.49. The number of nitrogen functional groups attached to an aromatic ring is 1. The number of aromatic nitrogens is 2. The van der Waals surface area contributed by atoms with Gasteiger partial charge in [-0.3, -0.25) is 0 Å². The van der Waals surface area contributed by atoms with Crippen molar-refractivity contribution in [2.75, 3.05) is 5.43 Å². The first kappa shape index (κ1) is 15.0. The van der Waals surface area contributed by atoms with Gasteiger partial charge in [0.05, 0.1) is 5.56 Å². The zero-order chi connectivity index (χ0) is 14.4. The fraction of sp³-hybridized carbons (Fsp3) is 0.733. The van der Waals surface area contributed by atoms with E-state index in [0.717, 1.165) is 37.2 Å². The Kier molecular flexibility index (Phi) is 5.59. The SMILES string of the molecule is CCCc1c(NN)ncnc1OC1CCCC(CC)C1. The van der Waals surface area contributed by atoms with Crippen molar-refractivity contribution in [3.05, 3.63) is 11.9 Å². The summed E-state index contributed by atoms with van der Waals surface area (Å²) in [5.41, 5.74) is 3.64. The van der Waals surface area contributed by atoms with Crippen LogP contribution in [-0.2, 0) is 6.42 Å². The van der Waals surface area contributed by atoms with Gasteiger partial charge in [0.2, 0.25) is 5.88 Å². The van der Waals surface area contributed by atoms with Crippen LogP contribution in [0.4, 0.5) is 5.82 Å². The van der Waals surface area contributed by atoms with Crippen LogP contribution >= 0.6 is 0 Å². The van der Waals surface area contributed by atoms with Crippen LogP contribution < -0.4 is 16.0 Å². The lowest BCUT2D eigenvalue weighted by atomic mass is 9.85. The Labute approximate surface area is 121 Å². The molecule has 1 heterocycles. The Balaban J connectivity index is 2.11. The highest BCUT2D eigenvalue weighted by Gasteiger charge is 2.24. The Hall–Kier alpha value is -1.36. The molecule has 2 rings (SSSR count). The van der Waals surface area contributed by atoms with Crippen LogP contribution in [0.3, 0.4) is 0 Å². The zero-order valence-corrected chi connectivity index (χ0v) is 12.6. The average molecular weight is 278 g/mol. The molecule has 0 radical (unpaired) electrons. The first-order valence-electron chi connectivity index (χ1n) is 7.75. The highest BCUT2D eigenvalue weighted by molar-refractivity contribution is 5.47. The summed E-state index contributed by atoms with van der Waals surface area (Å²) in [7, 11) is 0. The molecule has 112 valence electrons. The minimum atomic E-state index is 0.282. The van der Waals surface area contributed by atoms with E-state index in [-0.39, 0.29) is 6.10 Å². The number of hydrogen-bond donors (Lipinski definition) is 2. The van der Waals surface area contributed by atoms with Crippen molar-refractivity contribution in [1.29, 1.82) is 0 Å². The van der Waals surface area contributed by atoms with Gasteiger partial charge in [0.1, 0.15) is 18.2 Å². The smallest absolute Gasteiger partial charge is 0.222 e. The second kappa shape index (κ2) is 7.43. The van der Waals surface area contributed by atoms with E-state index in [1.807, 2.05) is 0 Å². The van der Waals surface area contributed by atoms with E-state index in [0.29, 0.717) is 11.7 Å².